The summed E-state index contributed by atoms with van der Waals surface area (Å²) >= 11 is 0. The van der Waals surface area contributed by atoms with E-state index in [2.05, 4.69) is 26.0 Å². The van der Waals surface area contributed by atoms with E-state index in [1.807, 2.05) is 0 Å². The third-order valence-corrected chi connectivity index (χ3v) is 7.67. The molecule has 0 aromatic rings. The Morgan fingerprint density at radius 2 is 1.27 bits per heavy atom. The predicted molar refractivity (Wildman–Crippen MR) is 164 cm³/mol. The van der Waals surface area contributed by atoms with Crippen LogP contribution in [0.15, 0.2) is 12.2 Å². The Morgan fingerprint density at radius 1 is 0.725 bits per heavy atom. The van der Waals surface area contributed by atoms with E-state index in [-0.39, 0.29) is 32.3 Å². The second-order valence-corrected chi connectivity index (χ2v) is 12.1. The Balaban J connectivity index is 4.17. The molecule has 0 saturated heterocycles. The highest BCUT2D eigenvalue weighted by Gasteiger charge is 2.25. The van der Waals surface area contributed by atoms with Gasteiger partial charge in [-0.3, -0.25) is 13.8 Å². The maximum absolute atomic E-state index is 12.4. The van der Waals surface area contributed by atoms with Gasteiger partial charge in [0.15, 0.2) is 0 Å². The average molecular weight is 592 g/mol. The molecule has 0 aromatic carbocycles. The normalized spacial score (nSPS) is 14.0. The molecule has 40 heavy (non-hydrogen) atoms. The smallest absolute Gasteiger partial charge is 0.457 e. The van der Waals surface area contributed by atoms with Crippen molar-refractivity contribution in [3.63, 3.8) is 0 Å². The number of nitrogens with two attached hydrogens (primary N) is 1. The van der Waals surface area contributed by atoms with E-state index in [1.54, 1.807) is 0 Å². The van der Waals surface area contributed by atoms with Crippen molar-refractivity contribution in [1.29, 1.82) is 0 Å². The van der Waals surface area contributed by atoms with Crippen molar-refractivity contribution < 1.29 is 32.8 Å². The molecule has 2 unspecified atom stereocenters. The molecule has 0 heterocycles. The summed E-state index contributed by atoms with van der Waals surface area (Å²) in [7, 11) is -4.26. The van der Waals surface area contributed by atoms with E-state index in [9.17, 15) is 14.3 Å². The molecule has 0 aromatic heterocycles. The monoisotopic (exact) mass is 591 g/mol. The summed E-state index contributed by atoms with van der Waals surface area (Å²) in [5.41, 5.74) is 5.32. The van der Waals surface area contributed by atoms with Crippen LogP contribution in [-0.4, -0.2) is 49.9 Å². The fourth-order valence-corrected chi connectivity index (χ4v) is 5.03. The zero-order chi connectivity index (χ0) is 29.6. The van der Waals surface area contributed by atoms with Gasteiger partial charge >= 0.3 is 13.8 Å². The Bertz CT molecular complexity index is 633. The van der Waals surface area contributed by atoms with Gasteiger partial charge in [-0.25, -0.2) is 4.57 Å². The second-order valence-electron chi connectivity index (χ2n) is 10.7. The zero-order valence-electron chi connectivity index (χ0n) is 25.8. The van der Waals surface area contributed by atoms with Gasteiger partial charge < -0.3 is 20.1 Å². The first-order valence-electron chi connectivity index (χ1n) is 16.2. The molecular formula is C31H62NO7P. The van der Waals surface area contributed by atoms with Gasteiger partial charge in [0.05, 0.1) is 19.8 Å². The number of phosphoric ester groups is 1. The number of carbonyl (C=O) groups excluding carboxylic acids is 1. The molecule has 0 saturated carbocycles. The Morgan fingerprint density at radius 3 is 1.90 bits per heavy atom. The van der Waals surface area contributed by atoms with Gasteiger partial charge in [0.1, 0.15) is 6.10 Å². The number of ether oxygens (including phenoxy) is 2. The van der Waals surface area contributed by atoms with Gasteiger partial charge in [-0.2, -0.15) is 0 Å². The number of rotatable bonds is 31. The largest absolute Gasteiger partial charge is 0.472 e. The lowest BCUT2D eigenvalue weighted by atomic mass is 10.1. The van der Waals surface area contributed by atoms with Crippen LogP contribution in [0.4, 0.5) is 0 Å². The maximum Gasteiger partial charge on any atom is 0.472 e. The minimum Gasteiger partial charge on any atom is -0.457 e. The van der Waals surface area contributed by atoms with E-state index in [4.69, 9.17) is 24.3 Å². The van der Waals surface area contributed by atoms with Crippen molar-refractivity contribution in [2.45, 2.75) is 148 Å². The predicted octanol–water partition coefficient (Wildman–Crippen LogP) is 8.41. The lowest BCUT2D eigenvalue weighted by Gasteiger charge is -2.20. The number of carbonyl (C=O) groups is 1. The van der Waals surface area contributed by atoms with Crippen molar-refractivity contribution in [3.8, 4) is 0 Å². The van der Waals surface area contributed by atoms with Crippen LogP contribution in [0.2, 0.25) is 0 Å². The molecule has 0 bridgehead atoms. The van der Waals surface area contributed by atoms with Crippen molar-refractivity contribution >= 4 is 13.8 Å². The zero-order valence-corrected chi connectivity index (χ0v) is 26.7. The topological polar surface area (TPSA) is 117 Å². The fourth-order valence-electron chi connectivity index (χ4n) is 4.27. The van der Waals surface area contributed by atoms with Crippen LogP contribution >= 0.6 is 7.82 Å². The number of hydrogen-bond donors (Lipinski definition) is 2. The first-order valence-corrected chi connectivity index (χ1v) is 17.7. The molecule has 0 rings (SSSR count). The number of esters is 1. The van der Waals surface area contributed by atoms with E-state index >= 15 is 0 Å². The summed E-state index contributed by atoms with van der Waals surface area (Å²) in [6, 6.07) is 0. The number of allylic oxidation sites excluding steroid dienone is 2. The second kappa shape index (κ2) is 29.7. The van der Waals surface area contributed by atoms with E-state index in [1.165, 1.54) is 77.0 Å². The van der Waals surface area contributed by atoms with Gasteiger partial charge in [-0.05, 0) is 32.1 Å². The SMILES string of the molecule is CCCC/C=C\CCCCCCCC(=O)OC(COCCCCCCCCCCCC)COP(=O)(O)OCCN. The molecule has 0 radical (unpaired) electrons. The van der Waals surface area contributed by atoms with Gasteiger partial charge in [0.2, 0.25) is 0 Å². The molecular weight excluding hydrogens is 529 g/mol. The Hall–Kier alpha value is -0.760. The van der Waals surface area contributed by atoms with Crippen LogP contribution in [0.25, 0.3) is 0 Å². The van der Waals surface area contributed by atoms with Crippen molar-refractivity contribution in [3.05, 3.63) is 12.2 Å². The van der Waals surface area contributed by atoms with Gasteiger partial charge in [-0.15, -0.1) is 0 Å². The van der Waals surface area contributed by atoms with Gasteiger partial charge in [0.25, 0.3) is 0 Å². The van der Waals surface area contributed by atoms with Crippen molar-refractivity contribution in [1.82, 2.24) is 0 Å². The molecule has 0 fully saturated rings. The fraction of sp³-hybridized carbons (Fsp3) is 0.903. The average Bonchev–Trinajstić information content (AvgIpc) is 2.94. The third kappa shape index (κ3) is 28.8. The highest BCUT2D eigenvalue weighted by molar-refractivity contribution is 7.47. The molecule has 0 amide bonds. The standard InChI is InChI=1S/C31H62NO7P/c1-3-5-7-9-11-13-15-16-18-20-22-24-31(33)39-30(29-38-40(34,35)37-27-25-32)28-36-26-23-21-19-17-14-12-10-8-6-4-2/h9,11,30H,3-8,10,12-29,32H2,1-2H3,(H,34,35)/b11-9-. The lowest BCUT2D eigenvalue weighted by Crippen LogP contribution is -2.28. The molecule has 8 nitrogen and oxygen atoms in total. The first-order chi connectivity index (χ1) is 19.4. The molecule has 238 valence electrons. The summed E-state index contributed by atoms with van der Waals surface area (Å²) in [5, 5.41) is 0. The molecule has 9 heteroatoms. The summed E-state index contributed by atoms with van der Waals surface area (Å²) in [6.07, 6.45) is 26.5. The molecule has 2 atom stereocenters. The summed E-state index contributed by atoms with van der Waals surface area (Å²) in [5.74, 6) is -0.342. The third-order valence-electron chi connectivity index (χ3n) is 6.68. The Kier molecular flexibility index (Phi) is 29.2. The molecule has 0 aliphatic rings. The highest BCUT2D eigenvalue weighted by Crippen LogP contribution is 2.43. The first kappa shape index (κ1) is 39.2. The number of unbranched alkanes of at least 4 members (excludes halogenated alkanes) is 16. The van der Waals surface area contributed by atoms with Crippen LogP contribution < -0.4 is 5.73 Å². The maximum atomic E-state index is 12.4. The molecule has 0 aliphatic heterocycles. The summed E-state index contributed by atoms with van der Waals surface area (Å²) in [6.45, 7) is 4.85. The lowest BCUT2D eigenvalue weighted by molar-refractivity contribution is -0.154. The molecule has 0 aliphatic carbocycles. The highest BCUT2D eigenvalue weighted by atomic mass is 31.2. The van der Waals surface area contributed by atoms with Crippen LogP contribution in [0.5, 0.6) is 0 Å². The van der Waals surface area contributed by atoms with Crippen molar-refractivity contribution in [2.24, 2.45) is 5.73 Å². The van der Waals surface area contributed by atoms with E-state index < -0.39 is 13.9 Å². The van der Waals surface area contributed by atoms with E-state index in [0.717, 1.165) is 44.9 Å². The van der Waals surface area contributed by atoms with Crippen LogP contribution in [0, 0.1) is 0 Å². The minimum absolute atomic E-state index is 0.0946. The van der Waals surface area contributed by atoms with Crippen LogP contribution in [0.3, 0.4) is 0 Å². The number of phosphoric acid groups is 1. The van der Waals surface area contributed by atoms with Crippen molar-refractivity contribution in [2.75, 3.05) is 33.0 Å². The van der Waals surface area contributed by atoms with Crippen LogP contribution in [-0.2, 0) is 27.9 Å². The van der Waals surface area contributed by atoms with Gasteiger partial charge in [-0.1, -0.05) is 116 Å². The number of hydrogen-bond acceptors (Lipinski definition) is 7. The molecule has 0 spiro atoms. The summed E-state index contributed by atoms with van der Waals surface area (Å²) < 4.78 is 33.1. The molecule has 3 N–H and O–H groups in total. The Labute approximate surface area is 245 Å². The minimum atomic E-state index is -4.26. The quantitative estimate of drug-likeness (QED) is 0.0357. The van der Waals surface area contributed by atoms with Crippen LogP contribution in [0.1, 0.15) is 142 Å². The summed E-state index contributed by atoms with van der Waals surface area (Å²) in [4.78, 5) is 22.2. The van der Waals surface area contributed by atoms with E-state index in [0.29, 0.717) is 13.0 Å². The van der Waals surface area contributed by atoms with Gasteiger partial charge in [0, 0.05) is 19.6 Å².